The monoisotopic (exact) mass is 311 g/mol. The van der Waals surface area contributed by atoms with Gasteiger partial charge in [-0.3, -0.25) is 4.79 Å². The molecule has 2 aromatic rings. The third-order valence-electron chi connectivity index (χ3n) is 3.29. The number of rotatable bonds is 4. The van der Waals surface area contributed by atoms with Gasteiger partial charge in [-0.2, -0.15) is 10.4 Å². The second kappa shape index (κ2) is 6.79. The highest BCUT2D eigenvalue weighted by Crippen LogP contribution is 2.26. The fourth-order valence-corrected chi connectivity index (χ4v) is 2.18. The van der Waals surface area contributed by atoms with Crippen molar-refractivity contribution in [2.75, 3.05) is 14.2 Å². The van der Waals surface area contributed by atoms with Crippen LogP contribution in [0.5, 0.6) is 11.5 Å². The molecule has 0 aliphatic carbocycles. The summed E-state index contributed by atoms with van der Waals surface area (Å²) in [4.78, 5) is 12.5. The minimum Gasteiger partial charge on any atom is -0.497 e. The van der Waals surface area contributed by atoms with Crippen molar-refractivity contribution < 1.29 is 14.3 Å². The molecule has 118 valence electrons. The molecule has 0 amide bonds. The van der Waals surface area contributed by atoms with Gasteiger partial charge in [0.05, 0.1) is 19.9 Å². The molecule has 0 fully saturated rings. The first-order valence-corrected chi connectivity index (χ1v) is 6.92. The van der Waals surface area contributed by atoms with E-state index in [2.05, 4.69) is 5.10 Å². The topological polar surface area (TPSA) is 77.1 Å². The summed E-state index contributed by atoms with van der Waals surface area (Å²) in [6, 6.07) is 8.86. The van der Waals surface area contributed by atoms with Crippen LogP contribution in [0.15, 0.2) is 29.8 Å². The van der Waals surface area contributed by atoms with Gasteiger partial charge in [-0.25, -0.2) is 4.68 Å². The lowest BCUT2D eigenvalue weighted by Gasteiger charge is -2.08. The Kier molecular flexibility index (Phi) is 4.82. The van der Waals surface area contributed by atoms with Crippen molar-refractivity contribution in [3.8, 4) is 17.6 Å². The van der Waals surface area contributed by atoms with Crippen LogP contribution in [-0.4, -0.2) is 29.9 Å². The molecule has 0 aliphatic rings. The lowest BCUT2D eigenvalue weighted by atomic mass is 10.1. The van der Waals surface area contributed by atoms with E-state index in [1.165, 1.54) is 17.9 Å². The van der Waals surface area contributed by atoms with Crippen LogP contribution >= 0.6 is 0 Å². The summed E-state index contributed by atoms with van der Waals surface area (Å²) in [6.07, 6.45) is 1.48. The van der Waals surface area contributed by atoms with Crippen molar-refractivity contribution in [1.29, 1.82) is 5.26 Å². The Balaban J connectivity index is 2.45. The summed E-state index contributed by atoms with van der Waals surface area (Å²) >= 11 is 0. The second-order valence-corrected chi connectivity index (χ2v) is 4.92. The van der Waals surface area contributed by atoms with Crippen LogP contribution < -0.4 is 9.47 Å². The highest BCUT2D eigenvalue weighted by Gasteiger charge is 2.16. The molecule has 6 nitrogen and oxygen atoms in total. The molecule has 0 aliphatic heterocycles. The zero-order chi connectivity index (χ0) is 17.0. The van der Waals surface area contributed by atoms with Crippen molar-refractivity contribution in [2.24, 2.45) is 0 Å². The molecule has 0 saturated heterocycles. The lowest BCUT2D eigenvalue weighted by Crippen LogP contribution is -2.15. The molecular weight excluding hydrogens is 294 g/mol. The summed E-state index contributed by atoms with van der Waals surface area (Å²) < 4.78 is 11.6. The van der Waals surface area contributed by atoms with Gasteiger partial charge in [0, 0.05) is 17.3 Å². The fraction of sp³-hybridized carbons (Fsp3) is 0.235. The molecule has 0 atom stereocenters. The molecular formula is C17H17N3O3. The fourth-order valence-electron chi connectivity index (χ4n) is 2.18. The number of ether oxygens (including phenoxy) is 2. The second-order valence-electron chi connectivity index (χ2n) is 4.92. The number of hydrogen-bond donors (Lipinski definition) is 0. The van der Waals surface area contributed by atoms with Gasteiger partial charge in [-0.1, -0.05) is 0 Å². The van der Waals surface area contributed by atoms with Gasteiger partial charge in [0.2, 0.25) is 0 Å². The zero-order valence-corrected chi connectivity index (χ0v) is 13.5. The first kappa shape index (κ1) is 16.3. The SMILES string of the molecule is COc1ccc(/C=C(\C#N)C(=O)n2nc(C)cc2C)c(OC)c1. The van der Waals surface area contributed by atoms with E-state index in [9.17, 15) is 10.1 Å². The van der Waals surface area contributed by atoms with E-state index in [1.54, 1.807) is 45.2 Å². The number of allylic oxidation sites excluding steroid dienone is 1. The summed E-state index contributed by atoms with van der Waals surface area (Å²) in [5.74, 6) is 0.664. The summed E-state index contributed by atoms with van der Waals surface area (Å²) in [6.45, 7) is 3.56. The van der Waals surface area contributed by atoms with Gasteiger partial charge in [0.25, 0.3) is 5.91 Å². The molecule has 1 aromatic carbocycles. The number of nitrogens with zero attached hydrogens (tertiary/aromatic N) is 3. The largest absolute Gasteiger partial charge is 0.497 e. The smallest absolute Gasteiger partial charge is 0.289 e. The summed E-state index contributed by atoms with van der Waals surface area (Å²) in [5, 5.41) is 13.4. The summed E-state index contributed by atoms with van der Waals surface area (Å²) in [7, 11) is 3.07. The number of carbonyl (C=O) groups is 1. The maximum atomic E-state index is 12.5. The Morgan fingerprint density at radius 3 is 2.52 bits per heavy atom. The van der Waals surface area contributed by atoms with Crippen molar-refractivity contribution >= 4 is 12.0 Å². The van der Waals surface area contributed by atoms with Gasteiger partial charge in [0.1, 0.15) is 23.1 Å². The van der Waals surface area contributed by atoms with Crippen molar-refractivity contribution in [3.63, 3.8) is 0 Å². The highest BCUT2D eigenvalue weighted by atomic mass is 16.5. The standard InChI is InChI=1S/C17H17N3O3/c1-11-7-12(2)20(19-11)17(21)14(10-18)8-13-5-6-15(22-3)9-16(13)23-4/h5-9H,1-4H3/b14-8+. The maximum Gasteiger partial charge on any atom is 0.289 e. The average Bonchev–Trinajstić information content (AvgIpc) is 2.90. The van der Waals surface area contributed by atoms with E-state index in [0.717, 1.165) is 5.69 Å². The molecule has 23 heavy (non-hydrogen) atoms. The minimum atomic E-state index is -0.476. The van der Waals surface area contributed by atoms with E-state index >= 15 is 0 Å². The van der Waals surface area contributed by atoms with Gasteiger partial charge < -0.3 is 9.47 Å². The van der Waals surface area contributed by atoms with E-state index in [4.69, 9.17) is 9.47 Å². The van der Waals surface area contributed by atoms with Crippen molar-refractivity contribution in [1.82, 2.24) is 9.78 Å². The van der Waals surface area contributed by atoms with Crippen LogP contribution in [-0.2, 0) is 0 Å². The Labute approximate surface area is 134 Å². The van der Waals surface area contributed by atoms with Gasteiger partial charge >= 0.3 is 0 Å². The Morgan fingerprint density at radius 2 is 2.00 bits per heavy atom. The van der Waals surface area contributed by atoms with Crippen LogP contribution in [0.25, 0.3) is 6.08 Å². The lowest BCUT2D eigenvalue weighted by molar-refractivity contribution is 0.0944. The third kappa shape index (κ3) is 3.40. The van der Waals surface area contributed by atoms with E-state index in [-0.39, 0.29) is 5.57 Å². The Bertz CT molecular complexity index is 813. The van der Waals surface area contributed by atoms with Crippen LogP contribution in [0.2, 0.25) is 0 Å². The normalized spacial score (nSPS) is 11.0. The summed E-state index contributed by atoms with van der Waals surface area (Å²) in [5.41, 5.74) is 1.98. The number of methoxy groups -OCH3 is 2. The Morgan fingerprint density at radius 1 is 1.26 bits per heavy atom. The van der Waals surface area contributed by atoms with Gasteiger partial charge in [-0.05, 0) is 38.1 Å². The number of benzene rings is 1. The molecule has 1 heterocycles. The molecule has 0 saturated carbocycles. The maximum absolute atomic E-state index is 12.5. The minimum absolute atomic E-state index is 0.0281. The molecule has 2 rings (SSSR count). The Hall–Kier alpha value is -3.07. The van der Waals surface area contributed by atoms with Gasteiger partial charge in [-0.15, -0.1) is 0 Å². The molecule has 6 heteroatoms. The van der Waals surface area contributed by atoms with E-state index in [1.807, 2.05) is 6.07 Å². The van der Waals surface area contributed by atoms with E-state index < -0.39 is 5.91 Å². The molecule has 1 aromatic heterocycles. The quantitative estimate of drug-likeness (QED) is 0.641. The first-order chi connectivity index (χ1) is 11.0. The number of carbonyl (C=O) groups excluding carboxylic acids is 1. The first-order valence-electron chi connectivity index (χ1n) is 6.92. The van der Waals surface area contributed by atoms with E-state index in [0.29, 0.717) is 22.8 Å². The zero-order valence-electron chi connectivity index (χ0n) is 13.5. The number of hydrogen-bond acceptors (Lipinski definition) is 5. The average molecular weight is 311 g/mol. The van der Waals surface area contributed by atoms with Crippen LogP contribution in [0, 0.1) is 25.2 Å². The molecule has 0 unspecified atom stereocenters. The third-order valence-corrected chi connectivity index (χ3v) is 3.29. The molecule has 0 N–H and O–H groups in total. The predicted octanol–water partition coefficient (Wildman–Crippen LogP) is 2.76. The number of aromatic nitrogens is 2. The number of nitriles is 1. The van der Waals surface area contributed by atoms with Crippen LogP contribution in [0.1, 0.15) is 21.7 Å². The van der Waals surface area contributed by atoms with Gasteiger partial charge in [0.15, 0.2) is 0 Å². The van der Waals surface area contributed by atoms with Crippen LogP contribution in [0.3, 0.4) is 0 Å². The van der Waals surface area contributed by atoms with Crippen molar-refractivity contribution in [2.45, 2.75) is 13.8 Å². The highest BCUT2D eigenvalue weighted by molar-refractivity contribution is 6.03. The number of aryl methyl sites for hydroxylation is 2. The molecule has 0 spiro atoms. The molecule has 0 bridgehead atoms. The molecule has 0 radical (unpaired) electrons. The van der Waals surface area contributed by atoms with Crippen LogP contribution in [0.4, 0.5) is 0 Å². The predicted molar refractivity (Wildman–Crippen MR) is 85.5 cm³/mol. The van der Waals surface area contributed by atoms with Crippen molar-refractivity contribution in [3.05, 3.63) is 46.8 Å².